The normalized spacial score (nSPS) is 17.6. The molecule has 134 valence electrons. The molecule has 4 aromatic rings. The first-order valence-corrected chi connectivity index (χ1v) is 9.31. The van der Waals surface area contributed by atoms with E-state index in [1.165, 1.54) is 10.9 Å². The van der Waals surface area contributed by atoms with Crippen LogP contribution in [0.1, 0.15) is 23.8 Å². The van der Waals surface area contributed by atoms with Crippen LogP contribution in [0.15, 0.2) is 71.4 Å². The third kappa shape index (κ3) is 3.22. The van der Waals surface area contributed by atoms with Crippen molar-refractivity contribution in [1.29, 1.82) is 0 Å². The summed E-state index contributed by atoms with van der Waals surface area (Å²) in [7, 11) is 0. The second-order valence-corrected chi connectivity index (χ2v) is 7.04. The topological polar surface area (TPSA) is 55.1 Å². The molecule has 5 rings (SSSR count). The monoisotopic (exact) mass is 356 g/mol. The first kappa shape index (κ1) is 16.1. The van der Waals surface area contributed by atoms with Crippen molar-refractivity contribution in [2.75, 3.05) is 13.1 Å². The zero-order valence-electron chi connectivity index (χ0n) is 15.0. The molecule has 1 unspecified atom stereocenters. The van der Waals surface area contributed by atoms with Crippen LogP contribution in [-0.2, 0) is 6.54 Å². The van der Waals surface area contributed by atoms with E-state index in [0.29, 0.717) is 5.82 Å². The first-order valence-electron chi connectivity index (χ1n) is 9.31. The summed E-state index contributed by atoms with van der Waals surface area (Å²) in [5.41, 5.74) is 3.35. The van der Waals surface area contributed by atoms with Crippen molar-refractivity contribution in [3.8, 4) is 11.4 Å². The van der Waals surface area contributed by atoms with Crippen molar-refractivity contribution in [2.24, 2.45) is 0 Å². The van der Waals surface area contributed by atoms with Crippen LogP contribution in [0.4, 0.5) is 0 Å². The molecule has 0 spiro atoms. The molecule has 27 heavy (non-hydrogen) atoms. The Morgan fingerprint density at radius 2 is 1.89 bits per heavy atom. The van der Waals surface area contributed by atoms with Crippen LogP contribution in [0.5, 0.6) is 0 Å². The summed E-state index contributed by atoms with van der Waals surface area (Å²) in [6.07, 6.45) is 2.90. The van der Waals surface area contributed by atoms with Crippen LogP contribution in [0.2, 0.25) is 0 Å². The number of fused-ring (bicyclic) bond motifs is 1. The number of nitrogens with zero attached hydrogens (tertiary/aromatic N) is 4. The van der Waals surface area contributed by atoms with E-state index in [1.807, 2.05) is 42.6 Å². The molecule has 0 aliphatic carbocycles. The van der Waals surface area contributed by atoms with Gasteiger partial charge in [-0.25, -0.2) is 0 Å². The van der Waals surface area contributed by atoms with E-state index >= 15 is 0 Å². The van der Waals surface area contributed by atoms with Gasteiger partial charge in [0.05, 0.1) is 11.4 Å². The van der Waals surface area contributed by atoms with Crippen LogP contribution >= 0.6 is 0 Å². The Morgan fingerprint density at radius 1 is 1.00 bits per heavy atom. The van der Waals surface area contributed by atoms with Gasteiger partial charge in [0.25, 0.3) is 0 Å². The predicted molar refractivity (Wildman–Crippen MR) is 104 cm³/mol. The van der Waals surface area contributed by atoms with Crippen molar-refractivity contribution in [3.05, 3.63) is 78.3 Å². The lowest BCUT2D eigenvalue weighted by molar-refractivity contribution is 0.310. The maximum absolute atomic E-state index is 5.57. The Labute approximate surface area is 157 Å². The number of aromatic nitrogens is 3. The highest BCUT2D eigenvalue weighted by Crippen LogP contribution is 2.29. The van der Waals surface area contributed by atoms with Gasteiger partial charge in [-0.1, -0.05) is 59.8 Å². The molecule has 5 heteroatoms. The Hall–Kier alpha value is -3.05. The van der Waals surface area contributed by atoms with E-state index in [0.717, 1.165) is 43.0 Å². The van der Waals surface area contributed by atoms with Gasteiger partial charge in [-0.2, -0.15) is 4.98 Å². The van der Waals surface area contributed by atoms with Gasteiger partial charge >= 0.3 is 0 Å². The standard InChI is InChI=1S/C22H20N4O/c1-2-6-17(7-3-1)21-24-22(27-25-21)19-11-13-26(15-19)14-18-9-4-8-16-10-5-12-23-20(16)18/h1-10,12,19H,11,13-15H2. The highest BCUT2D eigenvalue weighted by Gasteiger charge is 2.28. The summed E-state index contributed by atoms with van der Waals surface area (Å²) in [5.74, 6) is 1.70. The molecule has 0 bridgehead atoms. The second-order valence-electron chi connectivity index (χ2n) is 7.04. The minimum Gasteiger partial charge on any atom is -0.339 e. The first-order chi connectivity index (χ1) is 13.4. The van der Waals surface area contributed by atoms with Crippen LogP contribution in [-0.4, -0.2) is 33.1 Å². The molecule has 1 fully saturated rings. The molecule has 1 aliphatic rings. The number of benzene rings is 2. The van der Waals surface area contributed by atoms with Crippen molar-refractivity contribution in [3.63, 3.8) is 0 Å². The van der Waals surface area contributed by atoms with Gasteiger partial charge in [0.15, 0.2) is 0 Å². The molecule has 1 atom stereocenters. The average Bonchev–Trinajstić information content (AvgIpc) is 3.39. The number of hydrogen-bond acceptors (Lipinski definition) is 5. The number of hydrogen-bond donors (Lipinski definition) is 0. The fourth-order valence-corrected chi connectivity index (χ4v) is 3.82. The lowest BCUT2D eigenvalue weighted by atomic mass is 10.1. The zero-order chi connectivity index (χ0) is 18.1. The van der Waals surface area contributed by atoms with Crippen LogP contribution < -0.4 is 0 Å². The molecule has 1 saturated heterocycles. The van der Waals surface area contributed by atoms with Gasteiger partial charge in [0.2, 0.25) is 11.7 Å². The van der Waals surface area contributed by atoms with Crippen LogP contribution in [0.3, 0.4) is 0 Å². The summed E-state index contributed by atoms with van der Waals surface area (Å²) >= 11 is 0. The van der Waals surface area contributed by atoms with Crippen molar-refractivity contribution >= 4 is 10.9 Å². The molecule has 0 amide bonds. The van der Waals surface area contributed by atoms with E-state index in [1.54, 1.807) is 0 Å². The largest absolute Gasteiger partial charge is 0.339 e. The fourth-order valence-electron chi connectivity index (χ4n) is 3.82. The van der Waals surface area contributed by atoms with Gasteiger partial charge in [-0.15, -0.1) is 0 Å². The molecule has 0 N–H and O–H groups in total. The smallest absolute Gasteiger partial charge is 0.231 e. The number of likely N-dealkylation sites (tertiary alicyclic amines) is 1. The third-order valence-corrected chi connectivity index (χ3v) is 5.21. The molecule has 2 aromatic heterocycles. The second kappa shape index (κ2) is 6.93. The molecule has 1 aliphatic heterocycles. The van der Waals surface area contributed by atoms with Gasteiger partial charge in [-0.05, 0) is 24.6 Å². The molecule has 0 radical (unpaired) electrons. The minimum absolute atomic E-state index is 0.290. The zero-order valence-corrected chi connectivity index (χ0v) is 15.0. The molecule has 3 heterocycles. The average molecular weight is 356 g/mol. The summed E-state index contributed by atoms with van der Waals surface area (Å²) in [6.45, 7) is 2.85. The quantitative estimate of drug-likeness (QED) is 0.546. The highest BCUT2D eigenvalue weighted by molar-refractivity contribution is 5.81. The maximum Gasteiger partial charge on any atom is 0.231 e. The van der Waals surface area contributed by atoms with E-state index in [4.69, 9.17) is 4.52 Å². The van der Waals surface area contributed by atoms with E-state index in [2.05, 4.69) is 44.3 Å². The Morgan fingerprint density at radius 3 is 2.81 bits per heavy atom. The highest BCUT2D eigenvalue weighted by atomic mass is 16.5. The molecule has 5 nitrogen and oxygen atoms in total. The Balaban J connectivity index is 1.31. The van der Waals surface area contributed by atoms with E-state index in [-0.39, 0.29) is 5.92 Å². The fraction of sp³-hybridized carbons (Fsp3) is 0.227. The summed E-state index contributed by atoms with van der Waals surface area (Å²) in [6, 6.07) is 20.5. The van der Waals surface area contributed by atoms with Gasteiger partial charge < -0.3 is 4.52 Å². The minimum atomic E-state index is 0.290. The lowest BCUT2D eigenvalue weighted by Gasteiger charge is -2.16. The predicted octanol–water partition coefficient (Wildman–Crippen LogP) is 4.27. The molecular weight excluding hydrogens is 336 g/mol. The summed E-state index contributed by atoms with van der Waals surface area (Å²) in [4.78, 5) is 11.7. The van der Waals surface area contributed by atoms with Crippen LogP contribution in [0, 0.1) is 0 Å². The summed E-state index contributed by atoms with van der Waals surface area (Å²) < 4.78 is 5.57. The van der Waals surface area contributed by atoms with E-state index < -0.39 is 0 Å². The van der Waals surface area contributed by atoms with Crippen molar-refractivity contribution < 1.29 is 4.52 Å². The molecule has 0 saturated carbocycles. The molecular formula is C22H20N4O. The van der Waals surface area contributed by atoms with Crippen molar-refractivity contribution in [1.82, 2.24) is 20.0 Å². The lowest BCUT2D eigenvalue weighted by Crippen LogP contribution is -2.20. The third-order valence-electron chi connectivity index (χ3n) is 5.21. The molecule has 2 aromatic carbocycles. The maximum atomic E-state index is 5.57. The van der Waals surface area contributed by atoms with Crippen LogP contribution in [0.25, 0.3) is 22.3 Å². The van der Waals surface area contributed by atoms with E-state index in [9.17, 15) is 0 Å². The van der Waals surface area contributed by atoms with Gasteiger partial charge in [0, 0.05) is 30.2 Å². The van der Waals surface area contributed by atoms with Crippen molar-refractivity contribution in [2.45, 2.75) is 18.9 Å². The summed E-state index contributed by atoms with van der Waals surface area (Å²) in [5, 5.41) is 5.36. The Bertz CT molecular complexity index is 1050. The Kier molecular flexibility index (Phi) is 4.14. The van der Waals surface area contributed by atoms with Gasteiger partial charge in [0.1, 0.15) is 0 Å². The number of para-hydroxylation sites is 1. The SMILES string of the molecule is c1ccc(-c2noc(C3CCN(Cc4cccc5cccnc45)C3)n2)cc1. The number of pyridine rings is 1. The van der Waals surface area contributed by atoms with Gasteiger partial charge in [-0.3, -0.25) is 9.88 Å². The number of rotatable bonds is 4.